The van der Waals surface area contributed by atoms with Crippen molar-refractivity contribution < 1.29 is 9.53 Å². The smallest absolute Gasteiger partial charge is 0.407 e. The summed E-state index contributed by atoms with van der Waals surface area (Å²) in [6.07, 6.45) is -0.489. The lowest BCUT2D eigenvalue weighted by Gasteiger charge is -2.10. The fourth-order valence-electron chi connectivity index (χ4n) is 2.35. The van der Waals surface area contributed by atoms with Crippen molar-refractivity contribution in [1.29, 1.82) is 0 Å². The molecule has 0 saturated heterocycles. The van der Waals surface area contributed by atoms with Crippen LogP contribution in [0.15, 0.2) is 12.1 Å². The summed E-state index contributed by atoms with van der Waals surface area (Å²) in [6.45, 7) is 10.4. The molecule has 2 N–H and O–H groups in total. The van der Waals surface area contributed by atoms with Crippen molar-refractivity contribution in [3.63, 3.8) is 0 Å². The quantitative estimate of drug-likeness (QED) is 0.896. The van der Waals surface area contributed by atoms with Crippen LogP contribution in [0.1, 0.15) is 36.2 Å². The minimum atomic E-state index is -0.380. The van der Waals surface area contributed by atoms with E-state index in [2.05, 4.69) is 43.2 Å². The molecule has 4 heteroatoms. The molecule has 0 radical (unpaired) electrons. The largest absolute Gasteiger partial charge is 0.447 e. The SMILES string of the molecule is Cc1cc(CNC(=O)OC(C)C)c2[nH]c(C)c(C)c2c1. The van der Waals surface area contributed by atoms with Crippen molar-refractivity contribution in [2.45, 2.75) is 47.3 Å². The van der Waals surface area contributed by atoms with Gasteiger partial charge in [0.15, 0.2) is 0 Å². The topological polar surface area (TPSA) is 54.1 Å². The minimum Gasteiger partial charge on any atom is -0.447 e. The summed E-state index contributed by atoms with van der Waals surface area (Å²) >= 11 is 0. The van der Waals surface area contributed by atoms with Gasteiger partial charge in [0.1, 0.15) is 0 Å². The highest BCUT2D eigenvalue weighted by molar-refractivity contribution is 5.88. The Hall–Kier alpha value is -1.97. The summed E-state index contributed by atoms with van der Waals surface area (Å²) < 4.78 is 5.08. The Bertz CT molecular complexity index is 641. The number of hydrogen-bond donors (Lipinski definition) is 2. The van der Waals surface area contributed by atoms with Gasteiger partial charge in [0.25, 0.3) is 0 Å². The molecule has 0 aliphatic rings. The van der Waals surface area contributed by atoms with Crippen molar-refractivity contribution in [2.24, 2.45) is 0 Å². The average Bonchev–Trinajstić information content (AvgIpc) is 2.63. The standard InChI is InChI=1S/C16H22N2O2/c1-9(2)20-16(19)17-8-13-6-10(3)7-14-11(4)12(5)18-15(13)14/h6-7,9,18H,8H2,1-5H3,(H,17,19). The summed E-state index contributed by atoms with van der Waals surface area (Å²) in [5.74, 6) is 0. The lowest BCUT2D eigenvalue weighted by atomic mass is 10.0. The Morgan fingerprint density at radius 2 is 2.00 bits per heavy atom. The van der Waals surface area contributed by atoms with Crippen molar-refractivity contribution in [2.75, 3.05) is 0 Å². The van der Waals surface area contributed by atoms with Gasteiger partial charge in [-0.3, -0.25) is 0 Å². The predicted molar refractivity (Wildman–Crippen MR) is 81.0 cm³/mol. The first-order valence-electron chi connectivity index (χ1n) is 6.91. The zero-order chi connectivity index (χ0) is 14.9. The number of benzene rings is 1. The van der Waals surface area contributed by atoms with Crippen LogP contribution in [0, 0.1) is 20.8 Å². The lowest BCUT2D eigenvalue weighted by Crippen LogP contribution is -2.26. The zero-order valence-corrected chi connectivity index (χ0v) is 12.8. The zero-order valence-electron chi connectivity index (χ0n) is 12.8. The summed E-state index contributed by atoms with van der Waals surface area (Å²) in [4.78, 5) is 15.0. The van der Waals surface area contributed by atoms with Crippen molar-refractivity contribution in [1.82, 2.24) is 10.3 Å². The lowest BCUT2D eigenvalue weighted by molar-refractivity contribution is 0.115. The number of aromatic amines is 1. The second-order valence-corrected chi connectivity index (χ2v) is 5.53. The molecule has 1 heterocycles. The highest BCUT2D eigenvalue weighted by Crippen LogP contribution is 2.25. The van der Waals surface area contributed by atoms with Crippen LogP contribution < -0.4 is 5.32 Å². The third-order valence-electron chi connectivity index (χ3n) is 3.41. The van der Waals surface area contributed by atoms with Crippen molar-refractivity contribution in [3.8, 4) is 0 Å². The number of H-pyrrole nitrogens is 1. The first-order chi connectivity index (χ1) is 9.38. The van der Waals surface area contributed by atoms with Gasteiger partial charge < -0.3 is 15.0 Å². The monoisotopic (exact) mass is 274 g/mol. The molecule has 0 saturated carbocycles. The van der Waals surface area contributed by atoms with Crippen LogP contribution >= 0.6 is 0 Å². The van der Waals surface area contributed by atoms with E-state index in [4.69, 9.17) is 4.74 Å². The van der Waals surface area contributed by atoms with Gasteiger partial charge >= 0.3 is 6.09 Å². The van der Waals surface area contributed by atoms with Gasteiger partial charge in [-0.15, -0.1) is 0 Å². The van der Waals surface area contributed by atoms with Gasteiger partial charge in [-0.25, -0.2) is 4.79 Å². The molecule has 0 bridgehead atoms. The molecule has 0 atom stereocenters. The number of alkyl carbamates (subject to hydrolysis) is 1. The number of carbonyl (C=O) groups excluding carboxylic acids is 1. The number of aromatic nitrogens is 1. The molecule has 2 rings (SSSR count). The Morgan fingerprint density at radius 1 is 1.30 bits per heavy atom. The van der Waals surface area contributed by atoms with E-state index >= 15 is 0 Å². The molecule has 0 spiro atoms. The van der Waals surface area contributed by atoms with Gasteiger partial charge in [-0.05, 0) is 51.8 Å². The highest BCUT2D eigenvalue weighted by atomic mass is 16.6. The number of ether oxygens (including phenoxy) is 1. The number of nitrogens with one attached hydrogen (secondary N) is 2. The Morgan fingerprint density at radius 3 is 2.65 bits per heavy atom. The minimum absolute atomic E-state index is 0.109. The maximum absolute atomic E-state index is 11.6. The first kappa shape index (κ1) is 14.4. The van der Waals surface area contributed by atoms with Gasteiger partial charge in [-0.1, -0.05) is 11.6 Å². The van der Waals surface area contributed by atoms with Crippen molar-refractivity contribution in [3.05, 3.63) is 34.5 Å². The number of hydrogen-bond acceptors (Lipinski definition) is 2. The third kappa shape index (κ3) is 2.95. The normalized spacial score (nSPS) is 11.1. The number of rotatable bonds is 3. The molecule has 0 aliphatic heterocycles. The molecule has 0 fully saturated rings. The van der Waals surface area contributed by atoms with Gasteiger partial charge in [-0.2, -0.15) is 0 Å². The van der Waals surface area contributed by atoms with Crippen molar-refractivity contribution >= 4 is 17.0 Å². The van der Waals surface area contributed by atoms with Crippen LogP contribution in [0.4, 0.5) is 4.79 Å². The van der Waals surface area contributed by atoms with Gasteiger partial charge in [0.05, 0.1) is 11.6 Å². The second-order valence-electron chi connectivity index (χ2n) is 5.53. The molecule has 108 valence electrons. The van der Waals surface area contributed by atoms with Crippen LogP contribution in [0.25, 0.3) is 10.9 Å². The van der Waals surface area contributed by atoms with Crippen LogP contribution in [-0.2, 0) is 11.3 Å². The second kappa shape index (κ2) is 5.57. The van der Waals surface area contributed by atoms with Crippen LogP contribution in [0.2, 0.25) is 0 Å². The summed E-state index contributed by atoms with van der Waals surface area (Å²) in [5, 5.41) is 4.02. The average molecular weight is 274 g/mol. The first-order valence-corrected chi connectivity index (χ1v) is 6.91. The molecular weight excluding hydrogens is 252 g/mol. The predicted octanol–water partition coefficient (Wildman–Crippen LogP) is 3.73. The van der Waals surface area contributed by atoms with E-state index in [1.54, 1.807) is 0 Å². The maximum Gasteiger partial charge on any atom is 0.407 e. The van der Waals surface area contributed by atoms with E-state index in [-0.39, 0.29) is 12.2 Å². The number of fused-ring (bicyclic) bond motifs is 1. The van der Waals surface area contributed by atoms with E-state index in [1.807, 2.05) is 13.8 Å². The van der Waals surface area contributed by atoms with Crippen LogP contribution in [0.3, 0.4) is 0 Å². The summed E-state index contributed by atoms with van der Waals surface area (Å²) in [7, 11) is 0. The number of carbonyl (C=O) groups is 1. The van der Waals surface area contributed by atoms with Crippen LogP contribution in [0.5, 0.6) is 0 Å². The number of amides is 1. The van der Waals surface area contributed by atoms with E-state index in [9.17, 15) is 4.79 Å². The van der Waals surface area contributed by atoms with Crippen LogP contribution in [-0.4, -0.2) is 17.2 Å². The Kier molecular flexibility index (Phi) is 4.02. The van der Waals surface area contributed by atoms with E-state index in [0.29, 0.717) is 6.54 Å². The molecule has 2 aromatic rings. The molecule has 1 amide bonds. The maximum atomic E-state index is 11.6. The van der Waals surface area contributed by atoms with E-state index in [0.717, 1.165) is 16.8 Å². The van der Waals surface area contributed by atoms with E-state index < -0.39 is 0 Å². The molecule has 1 aromatic carbocycles. The highest BCUT2D eigenvalue weighted by Gasteiger charge is 2.11. The van der Waals surface area contributed by atoms with Gasteiger partial charge in [0.2, 0.25) is 0 Å². The summed E-state index contributed by atoms with van der Waals surface area (Å²) in [5.41, 5.74) is 5.78. The fraction of sp³-hybridized carbons (Fsp3) is 0.438. The molecule has 1 aromatic heterocycles. The van der Waals surface area contributed by atoms with Gasteiger partial charge in [0, 0.05) is 17.6 Å². The molecule has 20 heavy (non-hydrogen) atoms. The molecule has 0 unspecified atom stereocenters. The Balaban J connectivity index is 2.26. The third-order valence-corrected chi connectivity index (χ3v) is 3.41. The molecule has 4 nitrogen and oxygen atoms in total. The molecular formula is C16H22N2O2. The Labute approximate surface area is 119 Å². The van der Waals surface area contributed by atoms with E-state index in [1.165, 1.54) is 16.5 Å². The number of aryl methyl sites for hydroxylation is 3. The fourth-order valence-corrected chi connectivity index (χ4v) is 2.35. The summed E-state index contributed by atoms with van der Waals surface area (Å²) in [6, 6.07) is 4.26. The molecule has 0 aliphatic carbocycles.